The number of aryl methyl sites for hydroxylation is 1. The third-order valence-corrected chi connectivity index (χ3v) is 4.19. The van der Waals surface area contributed by atoms with Crippen molar-refractivity contribution in [3.05, 3.63) is 52.8 Å². The molecule has 0 saturated heterocycles. The van der Waals surface area contributed by atoms with Gasteiger partial charge in [-0.05, 0) is 12.1 Å². The highest BCUT2D eigenvalue weighted by molar-refractivity contribution is 7.97. The second kappa shape index (κ2) is 6.98. The molecule has 5 nitrogen and oxygen atoms in total. The highest BCUT2D eigenvalue weighted by atomic mass is 35.5. The van der Waals surface area contributed by atoms with E-state index in [0.717, 1.165) is 23.4 Å². The maximum atomic E-state index is 5.88. The van der Waals surface area contributed by atoms with Crippen LogP contribution in [0.3, 0.4) is 0 Å². The standard InChI is InChI=1S/C15H14ClN3O2S/c1-2-15-17-14(19-21-15)9-22-8-12-7-13(18-20-12)10-3-5-11(16)6-4-10/h3-7H,2,8-9H2,1H3. The lowest BCUT2D eigenvalue weighted by molar-refractivity contribution is 0.378. The van der Waals surface area contributed by atoms with Crippen LogP contribution in [-0.4, -0.2) is 15.3 Å². The molecule has 0 unspecified atom stereocenters. The Balaban J connectivity index is 1.56. The van der Waals surface area contributed by atoms with Gasteiger partial charge < -0.3 is 9.05 Å². The first kappa shape index (κ1) is 15.1. The summed E-state index contributed by atoms with van der Waals surface area (Å²) in [6, 6.07) is 9.44. The maximum absolute atomic E-state index is 5.88. The molecule has 0 bridgehead atoms. The van der Waals surface area contributed by atoms with Crippen molar-refractivity contribution < 1.29 is 9.05 Å². The summed E-state index contributed by atoms with van der Waals surface area (Å²) >= 11 is 7.53. The normalized spacial score (nSPS) is 11.0. The third kappa shape index (κ3) is 3.69. The van der Waals surface area contributed by atoms with Gasteiger partial charge in [-0.15, -0.1) is 11.8 Å². The molecule has 1 aromatic carbocycles. The van der Waals surface area contributed by atoms with Crippen molar-refractivity contribution in [1.29, 1.82) is 0 Å². The van der Waals surface area contributed by atoms with Crippen LogP contribution >= 0.6 is 23.4 Å². The van der Waals surface area contributed by atoms with Gasteiger partial charge in [-0.1, -0.05) is 41.0 Å². The molecular weight excluding hydrogens is 322 g/mol. The van der Waals surface area contributed by atoms with Gasteiger partial charge in [0.2, 0.25) is 5.89 Å². The first-order chi connectivity index (χ1) is 10.7. The van der Waals surface area contributed by atoms with Crippen molar-refractivity contribution >= 4 is 23.4 Å². The van der Waals surface area contributed by atoms with Gasteiger partial charge in [0.05, 0.1) is 11.5 Å². The van der Waals surface area contributed by atoms with Crippen LogP contribution in [0, 0.1) is 0 Å². The Hall–Kier alpha value is -1.79. The van der Waals surface area contributed by atoms with Gasteiger partial charge in [-0.3, -0.25) is 0 Å². The zero-order chi connectivity index (χ0) is 15.4. The van der Waals surface area contributed by atoms with Crippen LogP contribution in [0.4, 0.5) is 0 Å². The average molecular weight is 336 g/mol. The van der Waals surface area contributed by atoms with Crippen LogP contribution in [0.15, 0.2) is 39.4 Å². The molecule has 0 aliphatic heterocycles. The van der Waals surface area contributed by atoms with Crippen molar-refractivity contribution in [2.45, 2.75) is 24.9 Å². The maximum Gasteiger partial charge on any atom is 0.226 e. The molecule has 0 fully saturated rings. The minimum absolute atomic E-state index is 0.667. The topological polar surface area (TPSA) is 65.0 Å². The molecular formula is C15H14ClN3O2S. The van der Waals surface area contributed by atoms with Crippen molar-refractivity contribution in [1.82, 2.24) is 15.3 Å². The molecule has 0 saturated carbocycles. The fourth-order valence-corrected chi connectivity index (χ4v) is 2.74. The Morgan fingerprint density at radius 3 is 2.64 bits per heavy atom. The lowest BCUT2D eigenvalue weighted by Gasteiger charge is -1.94. The van der Waals surface area contributed by atoms with Crippen LogP contribution in [0.5, 0.6) is 0 Å². The third-order valence-electron chi connectivity index (χ3n) is 2.99. The van der Waals surface area contributed by atoms with Crippen molar-refractivity contribution in [2.75, 3.05) is 0 Å². The number of rotatable bonds is 6. The Morgan fingerprint density at radius 2 is 1.91 bits per heavy atom. The molecule has 0 amide bonds. The van der Waals surface area contributed by atoms with Gasteiger partial charge in [-0.2, -0.15) is 4.98 Å². The van der Waals surface area contributed by atoms with E-state index in [2.05, 4.69) is 15.3 Å². The van der Waals surface area contributed by atoms with Crippen LogP contribution < -0.4 is 0 Å². The van der Waals surface area contributed by atoms with Crippen LogP contribution in [-0.2, 0) is 17.9 Å². The van der Waals surface area contributed by atoms with Crippen LogP contribution in [0.25, 0.3) is 11.3 Å². The smallest absolute Gasteiger partial charge is 0.226 e. The first-order valence-electron chi connectivity index (χ1n) is 6.85. The van der Waals surface area contributed by atoms with Crippen molar-refractivity contribution in [3.63, 3.8) is 0 Å². The van der Waals surface area contributed by atoms with E-state index in [0.29, 0.717) is 28.2 Å². The summed E-state index contributed by atoms with van der Waals surface area (Å²) in [4.78, 5) is 4.26. The number of nitrogens with zero attached hydrogens (tertiary/aromatic N) is 3. The summed E-state index contributed by atoms with van der Waals surface area (Å²) in [7, 11) is 0. The summed E-state index contributed by atoms with van der Waals surface area (Å²) in [5.41, 5.74) is 1.79. The van der Waals surface area contributed by atoms with Crippen LogP contribution in [0.1, 0.15) is 24.4 Å². The quantitative estimate of drug-likeness (QED) is 0.666. The Morgan fingerprint density at radius 1 is 1.09 bits per heavy atom. The predicted molar refractivity (Wildman–Crippen MR) is 85.6 cm³/mol. The molecule has 0 aliphatic rings. The summed E-state index contributed by atoms with van der Waals surface area (Å²) in [5.74, 6) is 3.57. The van der Waals surface area contributed by atoms with E-state index in [1.165, 1.54) is 0 Å². The van der Waals surface area contributed by atoms with Crippen molar-refractivity contribution in [2.24, 2.45) is 0 Å². The molecule has 0 atom stereocenters. The Kier molecular flexibility index (Phi) is 4.80. The second-order valence-electron chi connectivity index (χ2n) is 4.64. The fraction of sp³-hybridized carbons (Fsp3) is 0.267. The SMILES string of the molecule is CCc1nc(CSCc2cc(-c3ccc(Cl)cc3)no2)no1. The Bertz CT molecular complexity index is 739. The average Bonchev–Trinajstić information content (AvgIpc) is 3.17. The van der Waals surface area contributed by atoms with Gasteiger partial charge in [0, 0.05) is 23.1 Å². The molecule has 0 spiro atoms. The first-order valence-corrected chi connectivity index (χ1v) is 8.38. The van der Waals surface area contributed by atoms with E-state index in [9.17, 15) is 0 Å². The highest BCUT2D eigenvalue weighted by Crippen LogP contribution is 2.24. The summed E-state index contributed by atoms with van der Waals surface area (Å²) < 4.78 is 10.4. The zero-order valence-corrected chi connectivity index (χ0v) is 13.5. The molecule has 114 valence electrons. The molecule has 7 heteroatoms. The number of benzene rings is 1. The molecule has 2 aromatic heterocycles. The Labute approximate surface area is 137 Å². The molecule has 3 rings (SSSR count). The number of hydrogen-bond acceptors (Lipinski definition) is 6. The number of thioether (sulfide) groups is 1. The lowest BCUT2D eigenvalue weighted by Crippen LogP contribution is -1.86. The molecule has 3 aromatic rings. The van der Waals surface area contributed by atoms with Gasteiger partial charge in [0.25, 0.3) is 0 Å². The second-order valence-corrected chi connectivity index (χ2v) is 6.06. The summed E-state index contributed by atoms with van der Waals surface area (Å²) in [5, 5.41) is 8.69. The monoisotopic (exact) mass is 335 g/mol. The molecule has 0 aliphatic carbocycles. The minimum atomic E-state index is 0.667. The minimum Gasteiger partial charge on any atom is -0.360 e. The van der Waals surface area contributed by atoms with E-state index in [-0.39, 0.29) is 0 Å². The number of hydrogen-bond donors (Lipinski definition) is 0. The molecule has 0 N–H and O–H groups in total. The zero-order valence-electron chi connectivity index (χ0n) is 12.0. The fourth-order valence-electron chi connectivity index (χ4n) is 1.87. The van der Waals surface area contributed by atoms with E-state index in [1.807, 2.05) is 37.3 Å². The van der Waals surface area contributed by atoms with Gasteiger partial charge >= 0.3 is 0 Å². The molecule has 0 radical (unpaired) electrons. The molecule has 2 heterocycles. The van der Waals surface area contributed by atoms with Gasteiger partial charge in [-0.25, -0.2) is 0 Å². The largest absolute Gasteiger partial charge is 0.360 e. The van der Waals surface area contributed by atoms with Gasteiger partial charge in [0.15, 0.2) is 5.82 Å². The lowest BCUT2D eigenvalue weighted by atomic mass is 10.1. The summed E-state index contributed by atoms with van der Waals surface area (Å²) in [6.07, 6.45) is 0.754. The number of aromatic nitrogens is 3. The van der Waals surface area contributed by atoms with Crippen molar-refractivity contribution in [3.8, 4) is 11.3 Å². The van der Waals surface area contributed by atoms with E-state index < -0.39 is 0 Å². The van der Waals surface area contributed by atoms with Crippen LogP contribution in [0.2, 0.25) is 5.02 Å². The summed E-state index contributed by atoms with van der Waals surface area (Å²) in [6.45, 7) is 1.98. The molecule has 22 heavy (non-hydrogen) atoms. The predicted octanol–water partition coefficient (Wildman–Crippen LogP) is 4.37. The highest BCUT2D eigenvalue weighted by Gasteiger charge is 2.09. The van der Waals surface area contributed by atoms with E-state index >= 15 is 0 Å². The van der Waals surface area contributed by atoms with Gasteiger partial charge in [0.1, 0.15) is 11.5 Å². The van der Waals surface area contributed by atoms with E-state index in [4.69, 9.17) is 20.6 Å². The van der Waals surface area contributed by atoms with E-state index in [1.54, 1.807) is 11.8 Å². The number of halogens is 1.